The number of carbonyl (C=O) groups excluding carboxylic acids is 1. The number of para-hydroxylation sites is 2. The number of rotatable bonds is 3. The number of benzene rings is 2. The van der Waals surface area contributed by atoms with Crippen LogP contribution in [0.3, 0.4) is 0 Å². The van der Waals surface area contributed by atoms with Crippen molar-refractivity contribution in [3.8, 4) is 5.69 Å². The van der Waals surface area contributed by atoms with Crippen LogP contribution in [0.25, 0.3) is 16.7 Å². The van der Waals surface area contributed by atoms with E-state index in [0.717, 1.165) is 21.7 Å². The Kier molecular flexibility index (Phi) is 4.56. The summed E-state index contributed by atoms with van der Waals surface area (Å²) in [7, 11) is 0. The van der Waals surface area contributed by atoms with Gasteiger partial charge in [0, 0.05) is 16.8 Å². The first kappa shape index (κ1) is 18.1. The van der Waals surface area contributed by atoms with Crippen LogP contribution in [-0.4, -0.2) is 25.8 Å². The smallest absolute Gasteiger partial charge is 0.308 e. The molecule has 142 valence electrons. The first-order valence-electron chi connectivity index (χ1n) is 8.85. The topological polar surface area (TPSA) is 84.7 Å². The van der Waals surface area contributed by atoms with Crippen LogP contribution in [0.2, 0.25) is 0 Å². The maximum Gasteiger partial charge on any atom is 0.325 e. The van der Waals surface area contributed by atoms with Gasteiger partial charge >= 0.3 is 6.03 Å². The minimum absolute atomic E-state index is 0.0958. The molecule has 7 nitrogen and oxygen atoms in total. The highest BCUT2D eigenvalue weighted by Crippen LogP contribution is 2.27. The fraction of sp³-hybridized carbons (Fsp3) is 0.200. The van der Waals surface area contributed by atoms with Gasteiger partial charge in [0.25, 0.3) is 0 Å². The van der Waals surface area contributed by atoms with Crippen LogP contribution in [0.5, 0.6) is 0 Å². The van der Waals surface area contributed by atoms with E-state index in [1.54, 1.807) is 6.33 Å². The van der Waals surface area contributed by atoms with Crippen molar-refractivity contribution in [2.45, 2.75) is 26.2 Å². The van der Waals surface area contributed by atoms with Gasteiger partial charge in [0.15, 0.2) is 0 Å². The molecular weight excluding hydrogens is 372 g/mol. The summed E-state index contributed by atoms with van der Waals surface area (Å²) in [5.74, 6) is 0. The van der Waals surface area contributed by atoms with Crippen molar-refractivity contribution in [3.05, 3.63) is 59.9 Å². The molecule has 0 saturated carbocycles. The Morgan fingerprint density at radius 1 is 1.00 bits per heavy atom. The van der Waals surface area contributed by atoms with Crippen molar-refractivity contribution >= 4 is 39.2 Å². The third-order valence-electron chi connectivity index (χ3n) is 4.14. The Morgan fingerprint density at radius 2 is 1.75 bits per heavy atom. The standard InChI is InChI=1S/C20H20N6OS/c1-20(2,3)17-24-25-19(28-17)23-18(27)22-13-8-10-14(11-9-13)26-12-21-15-6-4-5-7-16(15)26/h4-12H,1-3H3,(H2,22,23,25,27). The van der Waals surface area contributed by atoms with Crippen molar-refractivity contribution in [2.24, 2.45) is 0 Å². The first-order chi connectivity index (χ1) is 13.4. The zero-order valence-corrected chi connectivity index (χ0v) is 16.6. The van der Waals surface area contributed by atoms with E-state index in [4.69, 9.17) is 0 Å². The molecule has 0 unspecified atom stereocenters. The van der Waals surface area contributed by atoms with Gasteiger partial charge in [-0.3, -0.25) is 9.88 Å². The van der Waals surface area contributed by atoms with Gasteiger partial charge in [0.2, 0.25) is 5.13 Å². The minimum atomic E-state index is -0.350. The molecule has 2 N–H and O–H groups in total. The lowest BCUT2D eigenvalue weighted by molar-refractivity contribution is 0.262. The van der Waals surface area contributed by atoms with Crippen LogP contribution in [-0.2, 0) is 5.41 Å². The van der Waals surface area contributed by atoms with E-state index in [9.17, 15) is 4.79 Å². The molecule has 0 atom stereocenters. The monoisotopic (exact) mass is 392 g/mol. The molecule has 0 aliphatic heterocycles. The fourth-order valence-corrected chi connectivity index (χ4v) is 3.50. The van der Waals surface area contributed by atoms with Gasteiger partial charge in [-0.2, -0.15) is 0 Å². The number of aromatic nitrogens is 4. The third kappa shape index (κ3) is 3.72. The third-order valence-corrected chi connectivity index (χ3v) is 5.41. The van der Waals surface area contributed by atoms with Crippen molar-refractivity contribution in [2.75, 3.05) is 10.6 Å². The summed E-state index contributed by atoms with van der Waals surface area (Å²) in [6.45, 7) is 6.17. The number of nitrogens with zero attached hydrogens (tertiary/aromatic N) is 4. The number of imidazole rings is 1. The molecule has 2 aromatic carbocycles. The zero-order chi connectivity index (χ0) is 19.7. The predicted octanol–water partition coefficient (Wildman–Crippen LogP) is 4.82. The number of urea groups is 1. The number of amides is 2. The van der Waals surface area contributed by atoms with Crippen molar-refractivity contribution in [3.63, 3.8) is 0 Å². The van der Waals surface area contributed by atoms with E-state index in [1.807, 2.05) is 53.1 Å². The summed E-state index contributed by atoms with van der Waals surface area (Å²) in [6, 6.07) is 15.2. The van der Waals surface area contributed by atoms with Gasteiger partial charge in [-0.1, -0.05) is 44.2 Å². The normalized spacial score (nSPS) is 11.5. The number of anilines is 2. The maximum atomic E-state index is 12.2. The van der Waals surface area contributed by atoms with Crippen molar-refractivity contribution < 1.29 is 4.79 Å². The molecule has 0 saturated heterocycles. The molecule has 0 aliphatic carbocycles. The Labute approximate surface area is 166 Å². The van der Waals surface area contributed by atoms with E-state index in [-0.39, 0.29) is 11.4 Å². The van der Waals surface area contributed by atoms with Gasteiger partial charge < -0.3 is 5.32 Å². The average Bonchev–Trinajstić information content (AvgIpc) is 3.29. The van der Waals surface area contributed by atoms with Crippen LogP contribution in [0.15, 0.2) is 54.9 Å². The summed E-state index contributed by atoms with van der Waals surface area (Å²) in [5.41, 5.74) is 3.54. The molecule has 4 rings (SSSR count). The molecule has 8 heteroatoms. The zero-order valence-electron chi connectivity index (χ0n) is 15.8. The van der Waals surface area contributed by atoms with E-state index >= 15 is 0 Å². The molecule has 0 fully saturated rings. The summed E-state index contributed by atoms with van der Waals surface area (Å²) < 4.78 is 2.01. The summed E-state index contributed by atoms with van der Waals surface area (Å²) in [4.78, 5) is 16.6. The Bertz CT molecular complexity index is 1120. The van der Waals surface area contributed by atoms with Crippen LogP contribution in [0.4, 0.5) is 15.6 Å². The second kappa shape index (κ2) is 7.05. The molecule has 28 heavy (non-hydrogen) atoms. The molecule has 0 aliphatic rings. The highest BCUT2D eigenvalue weighted by Gasteiger charge is 2.20. The second-order valence-corrected chi connectivity index (χ2v) is 8.37. The highest BCUT2D eigenvalue weighted by atomic mass is 32.1. The molecule has 0 bridgehead atoms. The van der Waals surface area contributed by atoms with Crippen molar-refractivity contribution in [1.29, 1.82) is 0 Å². The van der Waals surface area contributed by atoms with Crippen LogP contribution in [0, 0.1) is 0 Å². The Morgan fingerprint density at radius 3 is 2.46 bits per heavy atom. The second-order valence-electron chi connectivity index (χ2n) is 7.39. The predicted molar refractivity (Wildman–Crippen MR) is 112 cm³/mol. The molecule has 2 aromatic heterocycles. The number of nitrogens with one attached hydrogen (secondary N) is 2. The number of fused-ring (bicyclic) bond motifs is 1. The SMILES string of the molecule is CC(C)(C)c1nnc(NC(=O)Nc2ccc(-n3cnc4ccccc43)cc2)s1. The number of hydrogen-bond acceptors (Lipinski definition) is 5. The molecule has 2 amide bonds. The highest BCUT2D eigenvalue weighted by molar-refractivity contribution is 7.15. The fourth-order valence-electron chi connectivity index (χ4n) is 2.71. The summed E-state index contributed by atoms with van der Waals surface area (Å²) in [6.07, 6.45) is 1.79. The van der Waals surface area contributed by atoms with E-state index < -0.39 is 0 Å². The molecule has 0 radical (unpaired) electrons. The quantitative estimate of drug-likeness (QED) is 0.523. The lowest BCUT2D eigenvalue weighted by Gasteiger charge is -2.12. The largest absolute Gasteiger partial charge is 0.325 e. The van der Waals surface area contributed by atoms with Gasteiger partial charge in [-0.05, 0) is 36.4 Å². The van der Waals surface area contributed by atoms with E-state index in [0.29, 0.717) is 10.8 Å². The van der Waals surface area contributed by atoms with E-state index in [2.05, 4.69) is 46.6 Å². The Hall–Kier alpha value is -3.26. The maximum absolute atomic E-state index is 12.2. The average molecular weight is 392 g/mol. The first-order valence-corrected chi connectivity index (χ1v) is 9.66. The molecule has 2 heterocycles. The van der Waals surface area contributed by atoms with Crippen LogP contribution in [0.1, 0.15) is 25.8 Å². The van der Waals surface area contributed by atoms with Gasteiger partial charge in [0.1, 0.15) is 11.3 Å². The number of carbonyl (C=O) groups is 1. The summed E-state index contributed by atoms with van der Waals surface area (Å²) in [5, 5.41) is 15.0. The van der Waals surface area contributed by atoms with Gasteiger partial charge in [-0.25, -0.2) is 9.78 Å². The van der Waals surface area contributed by atoms with E-state index in [1.165, 1.54) is 11.3 Å². The minimum Gasteiger partial charge on any atom is -0.308 e. The van der Waals surface area contributed by atoms with Crippen LogP contribution >= 0.6 is 11.3 Å². The van der Waals surface area contributed by atoms with Gasteiger partial charge in [0.05, 0.1) is 11.0 Å². The summed E-state index contributed by atoms with van der Waals surface area (Å²) >= 11 is 1.38. The molecular formula is C20H20N6OS. The van der Waals surface area contributed by atoms with Gasteiger partial charge in [-0.15, -0.1) is 10.2 Å². The molecule has 0 spiro atoms. The lowest BCUT2D eigenvalue weighted by atomic mass is 9.98. The Balaban J connectivity index is 1.44. The number of hydrogen-bond donors (Lipinski definition) is 2. The van der Waals surface area contributed by atoms with Crippen LogP contribution < -0.4 is 10.6 Å². The molecule has 4 aromatic rings. The van der Waals surface area contributed by atoms with Crippen molar-refractivity contribution in [1.82, 2.24) is 19.7 Å². The lowest BCUT2D eigenvalue weighted by Crippen LogP contribution is -2.19.